The van der Waals surface area contributed by atoms with Gasteiger partial charge in [-0.2, -0.15) is 13.2 Å². The van der Waals surface area contributed by atoms with Gasteiger partial charge in [-0.05, 0) is 12.8 Å². The highest BCUT2D eigenvalue weighted by atomic mass is 19.4. The molecule has 0 aromatic heterocycles. The molecule has 0 bridgehead atoms. The molecular weight excluding hydrogens is 273 g/mol. The van der Waals surface area contributed by atoms with Gasteiger partial charge in [0.15, 0.2) is 0 Å². The summed E-state index contributed by atoms with van der Waals surface area (Å²) in [6.07, 6.45) is 2.47. The molecule has 118 valence electrons. The van der Waals surface area contributed by atoms with Crippen molar-refractivity contribution in [2.75, 3.05) is 26.3 Å². The molecule has 1 rings (SSSR count). The average Bonchev–Trinajstić information content (AvgIpc) is 2.61. The lowest BCUT2D eigenvalue weighted by molar-refractivity contribution is -0.173. The smallest absolute Gasteiger partial charge is 0.371 e. The first-order valence-electron chi connectivity index (χ1n) is 7.12. The van der Waals surface area contributed by atoms with Crippen molar-refractivity contribution < 1.29 is 22.7 Å². The SMILES string of the molecule is O=C(CNCCOCC(F)(F)F)NC1CCCCCC1. The molecule has 2 N–H and O–H groups in total. The number of hydrogen-bond acceptors (Lipinski definition) is 3. The summed E-state index contributed by atoms with van der Waals surface area (Å²) in [6.45, 7) is -0.959. The van der Waals surface area contributed by atoms with Crippen LogP contribution >= 0.6 is 0 Å². The number of ether oxygens (including phenoxy) is 1. The number of amides is 1. The molecule has 0 aliphatic heterocycles. The predicted octanol–water partition coefficient (Wildman–Crippen LogP) is 1.99. The van der Waals surface area contributed by atoms with Gasteiger partial charge in [-0.15, -0.1) is 0 Å². The molecule has 0 saturated heterocycles. The lowest BCUT2D eigenvalue weighted by Crippen LogP contribution is -2.41. The first-order chi connectivity index (χ1) is 9.47. The molecule has 0 aromatic carbocycles. The van der Waals surface area contributed by atoms with Crippen LogP contribution in [0.4, 0.5) is 13.2 Å². The van der Waals surface area contributed by atoms with E-state index < -0.39 is 12.8 Å². The summed E-state index contributed by atoms with van der Waals surface area (Å²) >= 11 is 0. The standard InChI is InChI=1S/C13H23F3N2O2/c14-13(15,16)10-20-8-7-17-9-12(19)18-11-5-3-1-2-4-6-11/h11,17H,1-10H2,(H,18,19). The summed E-state index contributed by atoms with van der Waals surface area (Å²) in [4.78, 5) is 11.6. The molecule has 7 heteroatoms. The van der Waals surface area contributed by atoms with Gasteiger partial charge in [0.25, 0.3) is 0 Å². The predicted molar refractivity (Wildman–Crippen MR) is 69.4 cm³/mol. The highest BCUT2D eigenvalue weighted by Gasteiger charge is 2.27. The molecule has 20 heavy (non-hydrogen) atoms. The van der Waals surface area contributed by atoms with Crippen molar-refractivity contribution in [2.45, 2.75) is 50.7 Å². The summed E-state index contributed by atoms with van der Waals surface area (Å²) in [5.74, 6) is -0.104. The molecule has 4 nitrogen and oxygen atoms in total. The quantitative estimate of drug-likeness (QED) is 0.558. The normalized spacial score (nSPS) is 17.8. The van der Waals surface area contributed by atoms with Gasteiger partial charge in [-0.3, -0.25) is 4.79 Å². The van der Waals surface area contributed by atoms with E-state index in [9.17, 15) is 18.0 Å². The molecule has 0 radical (unpaired) electrons. The van der Waals surface area contributed by atoms with E-state index in [2.05, 4.69) is 15.4 Å². The number of halogens is 3. The number of carbonyl (C=O) groups is 1. The van der Waals surface area contributed by atoms with Crippen LogP contribution in [0.3, 0.4) is 0 Å². The Morgan fingerprint density at radius 3 is 2.40 bits per heavy atom. The molecule has 0 aromatic rings. The summed E-state index contributed by atoms with van der Waals surface area (Å²) in [5.41, 5.74) is 0. The van der Waals surface area contributed by atoms with E-state index in [4.69, 9.17) is 0 Å². The third-order valence-corrected chi connectivity index (χ3v) is 3.19. The van der Waals surface area contributed by atoms with E-state index in [0.717, 1.165) is 25.7 Å². The van der Waals surface area contributed by atoms with Gasteiger partial charge in [-0.1, -0.05) is 25.7 Å². The summed E-state index contributed by atoms with van der Waals surface area (Å²) < 4.78 is 39.8. The monoisotopic (exact) mass is 296 g/mol. The maximum absolute atomic E-state index is 11.8. The molecule has 1 aliphatic carbocycles. The molecular formula is C13H23F3N2O2. The minimum absolute atomic E-state index is 0.0593. The fraction of sp³-hybridized carbons (Fsp3) is 0.923. The second kappa shape index (κ2) is 9.18. The number of alkyl halides is 3. The number of rotatable bonds is 7. The first-order valence-corrected chi connectivity index (χ1v) is 7.12. The van der Waals surface area contributed by atoms with Crippen LogP contribution in [0, 0.1) is 0 Å². The summed E-state index contributed by atoms with van der Waals surface area (Å²) in [6, 6.07) is 0.244. The first kappa shape index (κ1) is 17.2. The van der Waals surface area contributed by atoms with Crippen LogP contribution in [0.1, 0.15) is 38.5 Å². The third kappa shape index (κ3) is 9.14. The van der Waals surface area contributed by atoms with E-state index in [-0.39, 0.29) is 31.6 Å². The van der Waals surface area contributed by atoms with Gasteiger partial charge < -0.3 is 15.4 Å². The fourth-order valence-electron chi connectivity index (χ4n) is 2.24. The molecule has 1 amide bonds. The Kier molecular flexibility index (Phi) is 7.91. The summed E-state index contributed by atoms with van der Waals surface area (Å²) in [5, 5.41) is 5.72. The van der Waals surface area contributed by atoms with E-state index in [1.165, 1.54) is 12.8 Å². The van der Waals surface area contributed by atoms with Gasteiger partial charge >= 0.3 is 6.18 Å². The van der Waals surface area contributed by atoms with Crippen molar-refractivity contribution in [1.82, 2.24) is 10.6 Å². The Bertz CT molecular complexity index is 277. The number of nitrogens with one attached hydrogen (secondary N) is 2. The van der Waals surface area contributed by atoms with Crippen LogP contribution in [0.5, 0.6) is 0 Å². The van der Waals surface area contributed by atoms with Gasteiger partial charge in [0.1, 0.15) is 6.61 Å². The molecule has 0 unspecified atom stereocenters. The van der Waals surface area contributed by atoms with Crippen LogP contribution < -0.4 is 10.6 Å². The van der Waals surface area contributed by atoms with Crippen molar-refractivity contribution in [3.05, 3.63) is 0 Å². The Balaban J connectivity index is 1.99. The van der Waals surface area contributed by atoms with Crippen LogP contribution in [-0.2, 0) is 9.53 Å². The molecule has 0 heterocycles. The van der Waals surface area contributed by atoms with Gasteiger partial charge in [0.05, 0.1) is 13.2 Å². The molecule has 1 saturated carbocycles. The maximum Gasteiger partial charge on any atom is 0.411 e. The van der Waals surface area contributed by atoms with Crippen molar-refractivity contribution in [3.8, 4) is 0 Å². The van der Waals surface area contributed by atoms with Gasteiger partial charge in [0, 0.05) is 12.6 Å². The number of hydrogen-bond donors (Lipinski definition) is 2. The topological polar surface area (TPSA) is 50.4 Å². The van der Waals surface area contributed by atoms with Crippen LogP contribution in [0.25, 0.3) is 0 Å². The van der Waals surface area contributed by atoms with E-state index in [1.807, 2.05) is 0 Å². The van der Waals surface area contributed by atoms with Gasteiger partial charge in [-0.25, -0.2) is 0 Å². The van der Waals surface area contributed by atoms with E-state index in [1.54, 1.807) is 0 Å². The highest BCUT2D eigenvalue weighted by Crippen LogP contribution is 2.17. The van der Waals surface area contributed by atoms with Crippen LogP contribution in [0.2, 0.25) is 0 Å². The maximum atomic E-state index is 11.8. The van der Waals surface area contributed by atoms with Gasteiger partial charge in [0.2, 0.25) is 5.91 Å². The van der Waals surface area contributed by atoms with E-state index in [0.29, 0.717) is 0 Å². The van der Waals surface area contributed by atoms with E-state index >= 15 is 0 Å². The lowest BCUT2D eigenvalue weighted by atomic mass is 10.1. The van der Waals surface area contributed by atoms with Crippen molar-refractivity contribution >= 4 is 5.91 Å². The molecule has 0 atom stereocenters. The van der Waals surface area contributed by atoms with Crippen molar-refractivity contribution in [2.24, 2.45) is 0 Å². The van der Waals surface area contributed by atoms with Crippen molar-refractivity contribution in [1.29, 1.82) is 0 Å². The molecule has 0 spiro atoms. The second-order valence-electron chi connectivity index (χ2n) is 5.10. The lowest BCUT2D eigenvalue weighted by Gasteiger charge is -2.16. The Labute approximate surface area is 117 Å². The highest BCUT2D eigenvalue weighted by molar-refractivity contribution is 5.78. The minimum atomic E-state index is -4.29. The zero-order valence-electron chi connectivity index (χ0n) is 11.6. The Morgan fingerprint density at radius 1 is 1.15 bits per heavy atom. The summed E-state index contributed by atoms with van der Waals surface area (Å²) in [7, 11) is 0. The Morgan fingerprint density at radius 2 is 1.80 bits per heavy atom. The zero-order valence-corrected chi connectivity index (χ0v) is 11.6. The Hall–Kier alpha value is -0.820. The van der Waals surface area contributed by atoms with Crippen LogP contribution in [0.15, 0.2) is 0 Å². The van der Waals surface area contributed by atoms with Crippen LogP contribution in [-0.4, -0.2) is 44.4 Å². The number of carbonyl (C=O) groups excluding carboxylic acids is 1. The third-order valence-electron chi connectivity index (χ3n) is 3.19. The minimum Gasteiger partial charge on any atom is -0.371 e. The molecule has 1 aliphatic rings. The average molecular weight is 296 g/mol. The fourth-order valence-corrected chi connectivity index (χ4v) is 2.24. The largest absolute Gasteiger partial charge is 0.411 e. The van der Waals surface area contributed by atoms with Crippen molar-refractivity contribution in [3.63, 3.8) is 0 Å². The molecule has 1 fully saturated rings. The second-order valence-corrected chi connectivity index (χ2v) is 5.10. The zero-order chi connectivity index (χ0) is 14.8.